The summed E-state index contributed by atoms with van der Waals surface area (Å²) in [6, 6.07) is 5.55. The molecule has 0 aliphatic carbocycles. The van der Waals surface area contributed by atoms with Gasteiger partial charge in [-0.25, -0.2) is 0 Å². The molecule has 1 rings (SSSR count). The van der Waals surface area contributed by atoms with E-state index < -0.39 is 0 Å². The summed E-state index contributed by atoms with van der Waals surface area (Å²) in [5.41, 5.74) is 8.60. The average molecular weight is 267 g/mol. The summed E-state index contributed by atoms with van der Waals surface area (Å²) in [6.45, 7) is 5.04. The molecule has 0 bridgehead atoms. The first kappa shape index (κ1) is 14.2. The smallest absolute Gasteiger partial charge is 0.184 e. The van der Waals surface area contributed by atoms with Crippen molar-refractivity contribution in [2.24, 2.45) is 10.8 Å². The maximum absolute atomic E-state index is 5.45. The minimum atomic E-state index is 0.122. The second kappa shape index (κ2) is 7.50. The standard InChI is InChI=1S/C12H17N3O2S/c1-3-16-10-5-9(8-14-15-12(13)18)6-11(7-10)17-4-2/h5-8H,3-4H2,1-2H3,(H3,13,15,18). The van der Waals surface area contributed by atoms with Gasteiger partial charge in [0.05, 0.1) is 19.4 Å². The van der Waals surface area contributed by atoms with Gasteiger partial charge in [0, 0.05) is 11.6 Å². The van der Waals surface area contributed by atoms with E-state index in [0.29, 0.717) is 13.2 Å². The highest BCUT2D eigenvalue weighted by atomic mass is 32.1. The van der Waals surface area contributed by atoms with Crippen LogP contribution in [0.25, 0.3) is 0 Å². The predicted molar refractivity (Wildman–Crippen MR) is 76.3 cm³/mol. The third-order valence-corrected chi connectivity index (χ3v) is 2.00. The summed E-state index contributed by atoms with van der Waals surface area (Å²) in [4.78, 5) is 0. The molecule has 6 heteroatoms. The van der Waals surface area contributed by atoms with Crippen molar-refractivity contribution in [3.8, 4) is 11.5 Å². The zero-order valence-electron chi connectivity index (χ0n) is 10.5. The van der Waals surface area contributed by atoms with E-state index in [1.54, 1.807) is 6.21 Å². The van der Waals surface area contributed by atoms with Crippen molar-refractivity contribution in [1.82, 2.24) is 5.43 Å². The molecule has 0 atom stereocenters. The van der Waals surface area contributed by atoms with Gasteiger partial charge in [0.2, 0.25) is 0 Å². The fraction of sp³-hybridized carbons (Fsp3) is 0.333. The summed E-state index contributed by atoms with van der Waals surface area (Å²) in [5.74, 6) is 1.47. The summed E-state index contributed by atoms with van der Waals surface area (Å²) >= 11 is 4.65. The highest BCUT2D eigenvalue weighted by Gasteiger charge is 2.01. The minimum Gasteiger partial charge on any atom is -0.494 e. The molecule has 0 unspecified atom stereocenters. The molecule has 0 saturated carbocycles. The Morgan fingerprint density at radius 3 is 2.28 bits per heavy atom. The van der Waals surface area contributed by atoms with Gasteiger partial charge in [-0.05, 0) is 38.2 Å². The molecule has 0 aromatic heterocycles. The Morgan fingerprint density at radius 1 is 1.28 bits per heavy atom. The molecule has 0 saturated heterocycles. The quantitative estimate of drug-likeness (QED) is 0.466. The van der Waals surface area contributed by atoms with Gasteiger partial charge >= 0.3 is 0 Å². The van der Waals surface area contributed by atoms with Gasteiger partial charge in [-0.15, -0.1) is 0 Å². The molecule has 0 heterocycles. The lowest BCUT2D eigenvalue weighted by Crippen LogP contribution is -2.23. The molecule has 18 heavy (non-hydrogen) atoms. The molecular weight excluding hydrogens is 250 g/mol. The third kappa shape index (κ3) is 5.01. The molecule has 0 spiro atoms. The van der Waals surface area contributed by atoms with E-state index in [1.165, 1.54) is 0 Å². The van der Waals surface area contributed by atoms with Crippen LogP contribution in [0.2, 0.25) is 0 Å². The molecule has 0 amide bonds. The topological polar surface area (TPSA) is 68.9 Å². The van der Waals surface area contributed by atoms with Crippen LogP contribution in [0.3, 0.4) is 0 Å². The van der Waals surface area contributed by atoms with Gasteiger partial charge in [0.25, 0.3) is 0 Å². The SMILES string of the molecule is CCOc1cc(C=NNC(N)=S)cc(OCC)c1. The highest BCUT2D eigenvalue weighted by Crippen LogP contribution is 2.22. The van der Waals surface area contributed by atoms with E-state index in [1.807, 2.05) is 32.0 Å². The van der Waals surface area contributed by atoms with E-state index in [-0.39, 0.29) is 5.11 Å². The fourth-order valence-corrected chi connectivity index (χ4v) is 1.39. The van der Waals surface area contributed by atoms with Gasteiger partial charge in [0.15, 0.2) is 5.11 Å². The summed E-state index contributed by atoms with van der Waals surface area (Å²) in [7, 11) is 0. The Balaban J connectivity index is 2.87. The van der Waals surface area contributed by atoms with Gasteiger partial charge in [-0.3, -0.25) is 5.43 Å². The first-order valence-electron chi connectivity index (χ1n) is 5.65. The molecule has 98 valence electrons. The molecule has 5 nitrogen and oxygen atoms in total. The molecule has 3 N–H and O–H groups in total. The number of nitrogens with one attached hydrogen (secondary N) is 1. The number of thiocarbonyl (C=S) groups is 1. The van der Waals surface area contributed by atoms with Crippen LogP contribution in [0, 0.1) is 0 Å². The predicted octanol–water partition coefficient (Wildman–Crippen LogP) is 1.65. The number of ether oxygens (including phenoxy) is 2. The number of nitrogens with zero attached hydrogens (tertiary/aromatic N) is 1. The van der Waals surface area contributed by atoms with Crippen LogP contribution < -0.4 is 20.6 Å². The normalized spacial score (nSPS) is 10.3. The first-order valence-corrected chi connectivity index (χ1v) is 6.05. The number of nitrogens with two attached hydrogens (primary N) is 1. The molecule has 0 radical (unpaired) electrons. The van der Waals surface area contributed by atoms with Crippen LogP contribution in [0.15, 0.2) is 23.3 Å². The lowest BCUT2D eigenvalue weighted by Gasteiger charge is -2.08. The Bertz CT molecular complexity index is 411. The largest absolute Gasteiger partial charge is 0.494 e. The van der Waals surface area contributed by atoms with Crippen molar-refractivity contribution in [1.29, 1.82) is 0 Å². The fourth-order valence-electron chi connectivity index (χ4n) is 1.34. The van der Waals surface area contributed by atoms with Crippen LogP contribution in [0.4, 0.5) is 0 Å². The summed E-state index contributed by atoms with van der Waals surface area (Å²) < 4.78 is 10.9. The van der Waals surface area contributed by atoms with E-state index in [2.05, 4.69) is 22.7 Å². The van der Waals surface area contributed by atoms with E-state index in [4.69, 9.17) is 15.2 Å². The lowest BCUT2D eigenvalue weighted by atomic mass is 10.2. The van der Waals surface area contributed by atoms with E-state index >= 15 is 0 Å². The Labute approximate surface area is 112 Å². The Morgan fingerprint density at radius 2 is 1.83 bits per heavy atom. The van der Waals surface area contributed by atoms with Crippen LogP contribution >= 0.6 is 12.2 Å². The van der Waals surface area contributed by atoms with Gasteiger partial charge in [0.1, 0.15) is 11.5 Å². The van der Waals surface area contributed by atoms with Gasteiger partial charge < -0.3 is 15.2 Å². The Hall–Kier alpha value is -1.82. The summed E-state index contributed by atoms with van der Waals surface area (Å²) in [5, 5.41) is 4.01. The van der Waals surface area contributed by atoms with Crippen LogP contribution in [0.1, 0.15) is 19.4 Å². The average Bonchev–Trinajstić information content (AvgIpc) is 2.29. The van der Waals surface area contributed by atoms with Crippen LogP contribution in [-0.2, 0) is 0 Å². The minimum absolute atomic E-state index is 0.122. The summed E-state index contributed by atoms with van der Waals surface area (Å²) in [6.07, 6.45) is 1.60. The number of hydrogen-bond donors (Lipinski definition) is 2. The monoisotopic (exact) mass is 267 g/mol. The van der Waals surface area contributed by atoms with E-state index in [0.717, 1.165) is 17.1 Å². The maximum Gasteiger partial charge on any atom is 0.184 e. The van der Waals surface area contributed by atoms with Gasteiger partial charge in [-0.1, -0.05) is 0 Å². The number of benzene rings is 1. The second-order valence-corrected chi connectivity index (χ2v) is 3.78. The molecular formula is C12H17N3O2S. The molecule has 0 fully saturated rings. The molecule has 0 aliphatic rings. The number of rotatable bonds is 6. The van der Waals surface area contributed by atoms with Crippen molar-refractivity contribution in [3.63, 3.8) is 0 Å². The molecule has 0 aliphatic heterocycles. The van der Waals surface area contributed by atoms with Crippen LogP contribution in [-0.4, -0.2) is 24.5 Å². The highest BCUT2D eigenvalue weighted by molar-refractivity contribution is 7.80. The number of hydrogen-bond acceptors (Lipinski definition) is 4. The van der Waals surface area contributed by atoms with E-state index in [9.17, 15) is 0 Å². The molecule has 1 aromatic carbocycles. The van der Waals surface area contributed by atoms with Crippen LogP contribution in [0.5, 0.6) is 11.5 Å². The first-order chi connectivity index (χ1) is 8.65. The van der Waals surface area contributed by atoms with Crippen molar-refractivity contribution >= 4 is 23.5 Å². The van der Waals surface area contributed by atoms with Crippen molar-refractivity contribution in [3.05, 3.63) is 23.8 Å². The van der Waals surface area contributed by atoms with Crippen molar-refractivity contribution in [2.75, 3.05) is 13.2 Å². The number of hydrazone groups is 1. The second-order valence-electron chi connectivity index (χ2n) is 3.34. The lowest BCUT2D eigenvalue weighted by molar-refractivity contribution is 0.323. The Kier molecular flexibility index (Phi) is 5.93. The maximum atomic E-state index is 5.45. The van der Waals surface area contributed by atoms with Crippen molar-refractivity contribution < 1.29 is 9.47 Å². The zero-order valence-corrected chi connectivity index (χ0v) is 11.3. The zero-order chi connectivity index (χ0) is 13.4. The molecule has 1 aromatic rings. The third-order valence-electron chi connectivity index (χ3n) is 1.91. The van der Waals surface area contributed by atoms with Crippen molar-refractivity contribution in [2.45, 2.75) is 13.8 Å². The van der Waals surface area contributed by atoms with Gasteiger partial charge in [-0.2, -0.15) is 5.10 Å².